The minimum atomic E-state index is -1.25. The van der Waals surface area contributed by atoms with Crippen LogP contribution in [0.2, 0.25) is 0 Å². The molecule has 2 heterocycles. The maximum absolute atomic E-state index is 13.8. The lowest BCUT2D eigenvalue weighted by molar-refractivity contribution is -0.155. The number of carbonyl (C=O) groups excluding carboxylic acids is 3. The summed E-state index contributed by atoms with van der Waals surface area (Å²) in [4.78, 5) is 44.1. The molecular formula is C26H31N3O4. The molecule has 2 amide bonds. The number of nitrogens with zero attached hydrogens (tertiary/aromatic N) is 2. The minimum absolute atomic E-state index is 0.204. The molecule has 2 saturated heterocycles. The van der Waals surface area contributed by atoms with Crippen LogP contribution in [-0.2, 0) is 19.1 Å². The normalized spacial score (nSPS) is 26.4. The van der Waals surface area contributed by atoms with Gasteiger partial charge < -0.3 is 9.64 Å². The molecule has 0 aliphatic carbocycles. The molecule has 2 aliphatic rings. The Morgan fingerprint density at radius 1 is 1.03 bits per heavy atom. The fourth-order valence-corrected chi connectivity index (χ4v) is 5.27. The number of para-hydroxylation sites is 1. The average Bonchev–Trinajstić information content (AvgIpc) is 3.29. The first-order valence-corrected chi connectivity index (χ1v) is 11.5. The highest BCUT2D eigenvalue weighted by Gasteiger charge is 2.68. The topological polar surface area (TPSA) is 79.0 Å². The molecule has 174 valence electrons. The zero-order valence-corrected chi connectivity index (χ0v) is 19.6. The number of anilines is 2. The van der Waals surface area contributed by atoms with Crippen LogP contribution >= 0.6 is 0 Å². The molecule has 33 heavy (non-hydrogen) atoms. The highest BCUT2D eigenvalue weighted by atomic mass is 16.5. The number of carbonyl (C=O) groups is 3. The zero-order chi connectivity index (χ0) is 23.8. The third-order valence-corrected chi connectivity index (χ3v) is 6.72. The van der Waals surface area contributed by atoms with Gasteiger partial charge in [-0.3, -0.25) is 19.7 Å². The Morgan fingerprint density at radius 2 is 1.70 bits per heavy atom. The highest BCUT2D eigenvalue weighted by Crippen LogP contribution is 2.51. The summed E-state index contributed by atoms with van der Waals surface area (Å²) in [5.41, 5.74) is 1.17. The highest BCUT2D eigenvalue weighted by molar-refractivity contribution is 6.24. The first-order chi connectivity index (χ1) is 15.9. The molecule has 4 atom stereocenters. The second-order valence-electron chi connectivity index (χ2n) is 8.90. The standard InChI is InChI=1S/C26H31N3O4/c1-5-16-26(25(32)33-6-2)21-20(22(27-26)17-12-14-18(15-13-17)28(3)4)23(30)29(24(21)31)19-10-8-7-9-11-19/h7-15,20-22,27H,5-6,16H2,1-4H3/t20-,21+,22-,26+/m1/s1. The molecule has 4 rings (SSSR count). The predicted molar refractivity (Wildman–Crippen MR) is 127 cm³/mol. The Bertz CT molecular complexity index is 1040. The Hall–Kier alpha value is -3.19. The van der Waals surface area contributed by atoms with Crippen molar-refractivity contribution < 1.29 is 19.1 Å². The van der Waals surface area contributed by atoms with Crippen LogP contribution in [-0.4, -0.2) is 44.0 Å². The van der Waals surface area contributed by atoms with E-state index in [1.54, 1.807) is 31.2 Å². The van der Waals surface area contributed by atoms with E-state index in [9.17, 15) is 14.4 Å². The van der Waals surface area contributed by atoms with Crippen molar-refractivity contribution in [2.75, 3.05) is 30.5 Å². The van der Waals surface area contributed by atoms with Crippen molar-refractivity contribution in [3.63, 3.8) is 0 Å². The minimum Gasteiger partial charge on any atom is -0.465 e. The van der Waals surface area contributed by atoms with Crippen LogP contribution in [0.25, 0.3) is 0 Å². The molecule has 1 N–H and O–H groups in total. The maximum Gasteiger partial charge on any atom is 0.327 e. The van der Waals surface area contributed by atoms with Crippen molar-refractivity contribution in [2.45, 2.75) is 38.3 Å². The summed E-state index contributed by atoms with van der Waals surface area (Å²) < 4.78 is 5.46. The SMILES string of the molecule is CCC[C@]1(C(=O)OCC)N[C@H](c2ccc(N(C)C)cc2)[C@@H]2C(=O)N(c3ccccc3)C(=O)[C@H]21. The summed E-state index contributed by atoms with van der Waals surface area (Å²) in [6.45, 7) is 3.92. The van der Waals surface area contributed by atoms with Crippen LogP contribution in [0.4, 0.5) is 11.4 Å². The average molecular weight is 450 g/mol. The van der Waals surface area contributed by atoms with E-state index in [1.165, 1.54) is 4.90 Å². The Balaban J connectivity index is 1.83. The fourth-order valence-electron chi connectivity index (χ4n) is 5.27. The van der Waals surface area contributed by atoms with Gasteiger partial charge >= 0.3 is 5.97 Å². The van der Waals surface area contributed by atoms with E-state index in [1.807, 2.05) is 56.3 Å². The number of ether oxygens (including phenoxy) is 1. The van der Waals surface area contributed by atoms with Gasteiger partial charge in [-0.15, -0.1) is 0 Å². The third-order valence-electron chi connectivity index (χ3n) is 6.72. The largest absolute Gasteiger partial charge is 0.465 e. The molecule has 2 aromatic carbocycles. The molecule has 0 aromatic heterocycles. The molecular weight excluding hydrogens is 418 g/mol. The van der Waals surface area contributed by atoms with Crippen molar-refractivity contribution in [1.82, 2.24) is 5.32 Å². The van der Waals surface area contributed by atoms with Gasteiger partial charge in [0.25, 0.3) is 0 Å². The molecule has 0 unspecified atom stereocenters. The molecule has 2 aliphatic heterocycles. The second kappa shape index (κ2) is 8.98. The lowest BCUT2D eigenvalue weighted by Crippen LogP contribution is -2.56. The number of fused-ring (bicyclic) bond motifs is 1. The quantitative estimate of drug-likeness (QED) is 0.516. The molecule has 2 fully saturated rings. The van der Waals surface area contributed by atoms with Crippen LogP contribution in [0.15, 0.2) is 54.6 Å². The number of imide groups is 1. The van der Waals surface area contributed by atoms with Crippen LogP contribution < -0.4 is 15.1 Å². The van der Waals surface area contributed by atoms with Gasteiger partial charge in [0.1, 0.15) is 5.54 Å². The first-order valence-electron chi connectivity index (χ1n) is 11.5. The van der Waals surface area contributed by atoms with E-state index in [0.717, 1.165) is 11.3 Å². The van der Waals surface area contributed by atoms with Crippen LogP contribution in [0.1, 0.15) is 38.3 Å². The van der Waals surface area contributed by atoms with Crippen LogP contribution in [0.3, 0.4) is 0 Å². The van der Waals surface area contributed by atoms with Crippen LogP contribution in [0, 0.1) is 11.8 Å². The van der Waals surface area contributed by atoms with E-state index in [0.29, 0.717) is 18.5 Å². The first kappa shape index (κ1) is 23.0. The number of benzene rings is 2. The molecule has 2 aromatic rings. The number of esters is 1. The third kappa shape index (κ3) is 3.70. The summed E-state index contributed by atoms with van der Waals surface area (Å²) in [7, 11) is 3.92. The summed E-state index contributed by atoms with van der Waals surface area (Å²) in [5.74, 6) is -2.63. The molecule has 7 nitrogen and oxygen atoms in total. The summed E-state index contributed by atoms with van der Waals surface area (Å²) in [6.07, 6.45) is 1.06. The molecule has 0 saturated carbocycles. The molecule has 0 bridgehead atoms. The smallest absolute Gasteiger partial charge is 0.327 e. The maximum atomic E-state index is 13.8. The number of nitrogens with one attached hydrogen (secondary N) is 1. The predicted octanol–water partition coefficient (Wildman–Crippen LogP) is 3.30. The van der Waals surface area contributed by atoms with Gasteiger partial charge in [0.2, 0.25) is 11.8 Å². The summed E-state index contributed by atoms with van der Waals surface area (Å²) in [5, 5.41) is 3.43. The van der Waals surface area contributed by atoms with Gasteiger partial charge in [0.05, 0.1) is 24.1 Å². The number of rotatable bonds is 7. The number of hydrogen-bond donors (Lipinski definition) is 1. The van der Waals surface area contributed by atoms with Crippen molar-refractivity contribution >= 4 is 29.2 Å². The van der Waals surface area contributed by atoms with Gasteiger partial charge in [-0.05, 0) is 43.2 Å². The summed E-state index contributed by atoms with van der Waals surface area (Å²) in [6, 6.07) is 16.3. The lowest BCUT2D eigenvalue weighted by atomic mass is 9.77. The molecule has 0 radical (unpaired) electrons. The van der Waals surface area contributed by atoms with Crippen molar-refractivity contribution in [1.29, 1.82) is 0 Å². The summed E-state index contributed by atoms with van der Waals surface area (Å²) >= 11 is 0. The number of hydrogen-bond acceptors (Lipinski definition) is 6. The Morgan fingerprint density at radius 3 is 2.27 bits per heavy atom. The second-order valence-corrected chi connectivity index (χ2v) is 8.90. The van der Waals surface area contributed by atoms with E-state index in [-0.39, 0.29) is 18.4 Å². The monoisotopic (exact) mass is 449 g/mol. The van der Waals surface area contributed by atoms with E-state index < -0.39 is 29.4 Å². The fraction of sp³-hybridized carbons (Fsp3) is 0.423. The Kier molecular flexibility index (Phi) is 6.26. The van der Waals surface area contributed by atoms with Crippen LogP contribution in [0.5, 0.6) is 0 Å². The Labute approximate surface area is 194 Å². The van der Waals surface area contributed by atoms with Gasteiger partial charge in [0, 0.05) is 25.8 Å². The van der Waals surface area contributed by atoms with Crippen molar-refractivity contribution in [2.24, 2.45) is 11.8 Å². The van der Waals surface area contributed by atoms with E-state index >= 15 is 0 Å². The lowest BCUT2D eigenvalue weighted by Gasteiger charge is -2.32. The zero-order valence-electron chi connectivity index (χ0n) is 19.6. The van der Waals surface area contributed by atoms with Crippen molar-refractivity contribution in [3.8, 4) is 0 Å². The van der Waals surface area contributed by atoms with Gasteiger partial charge in [-0.2, -0.15) is 0 Å². The molecule has 0 spiro atoms. The van der Waals surface area contributed by atoms with Crippen molar-refractivity contribution in [3.05, 3.63) is 60.2 Å². The molecule has 7 heteroatoms. The number of amides is 2. The van der Waals surface area contributed by atoms with Gasteiger partial charge in [-0.1, -0.05) is 43.7 Å². The van der Waals surface area contributed by atoms with Gasteiger partial charge in [0.15, 0.2) is 0 Å². The van der Waals surface area contributed by atoms with E-state index in [4.69, 9.17) is 4.74 Å². The van der Waals surface area contributed by atoms with E-state index in [2.05, 4.69) is 5.32 Å². The van der Waals surface area contributed by atoms with Gasteiger partial charge in [-0.25, -0.2) is 4.90 Å².